The third-order valence-electron chi connectivity index (χ3n) is 4.58. The smallest absolute Gasteiger partial charge is 0.223 e. The molecule has 118 valence electrons. The van der Waals surface area contributed by atoms with Crippen LogP contribution in [0.3, 0.4) is 0 Å². The fraction of sp³-hybridized carbons (Fsp3) is 0.529. The molecule has 1 unspecified atom stereocenters. The summed E-state index contributed by atoms with van der Waals surface area (Å²) in [5, 5.41) is 0. The summed E-state index contributed by atoms with van der Waals surface area (Å²) in [4.78, 5) is 27.6. The normalized spacial score (nSPS) is 21.0. The fourth-order valence-electron chi connectivity index (χ4n) is 3.24. The summed E-state index contributed by atoms with van der Waals surface area (Å²) in [7, 11) is 0. The van der Waals surface area contributed by atoms with Gasteiger partial charge in [-0.1, -0.05) is 18.2 Å². The van der Waals surface area contributed by atoms with Crippen molar-refractivity contribution in [1.82, 2.24) is 9.80 Å². The van der Waals surface area contributed by atoms with Crippen molar-refractivity contribution in [3.05, 3.63) is 29.8 Å². The molecule has 2 aliphatic heterocycles. The fourth-order valence-corrected chi connectivity index (χ4v) is 3.24. The van der Waals surface area contributed by atoms with Crippen LogP contribution in [0.15, 0.2) is 24.3 Å². The van der Waals surface area contributed by atoms with E-state index in [-0.39, 0.29) is 17.7 Å². The van der Waals surface area contributed by atoms with E-state index in [2.05, 4.69) is 6.07 Å². The van der Waals surface area contributed by atoms with Crippen LogP contribution in [0.25, 0.3) is 0 Å². The van der Waals surface area contributed by atoms with Crippen molar-refractivity contribution in [2.24, 2.45) is 0 Å². The number of ether oxygens (including phenoxy) is 1. The van der Waals surface area contributed by atoms with Gasteiger partial charge in [-0.3, -0.25) is 9.59 Å². The lowest BCUT2D eigenvalue weighted by Gasteiger charge is -2.35. The van der Waals surface area contributed by atoms with Crippen LogP contribution in [-0.2, 0) is 9.59 Å². The van der Waals surface area contributed by atoms with E-state index < -0.39 is 0 Å². The first-order valence-electron chi connectivity index (χ1n) is 7.90. The van der Waals surface area contributed by atoms with E-state index in [1.165, 1.54) is 0 Å². The van der Waals surface area contributed by atoms with Crippen molar-refractivity contribution in [3.8, 4) is 5.75 Å². The summed E-state index contributed by atoms with van der Waals surface area (Å²) >= 11 is 0. The third-order valence-corrected chi connectivity index (χ3v) is 4.58. The maximum absolute atomic E-state index is 12.5. The second-order valence-electron chi connectivity index (χ2n) is 5.96. The summed E-state index contributed by atoms with van der Waals surface area (Å²) in [5.41, 5.74) is 1.14. The number of hydrogen-bond acceptors (Lipinski definition) is 3. The Morgan fingerprint density at radius 3 is 2.55 bits per heavy atom. The zero-order chi connectivity index (χ0) is 15.5. The van der Waals surface area contributed by atoms with Crippen LogP contribution in [0.4, 0.5) is 0 Å². The van der Waals surface area contributed by atoms with Crippen LogP contribution in [0, 0.1) is 0 Å². The van der Waals surface area contributed by atoms with Gasteiger partial charge in [0.1, 0.15) is 5.75 Å². The molecule has 0 aromatic heterocycles. The molecular weight excluding hydrogens is 280 g/mol. The largest absolute Gasteiger partial charge is 0.493 e. The molecular formula is C17H22N2O3. The Morgan fingerprint density at radius 2 is 1.82 bits per heavy atom. The van der Waals surface area contributed by atoms with Gasteiger partial charge in [0.15, 0.2) is 0 Å². The minimum atomic E-state index is 0.0884. The quantitative estimate of drug-likeness (QED) is 0.834. The van der Waals surface area contributed by atoms with Gasteiger partial charge < -0.3 is 14.5 Å². The van der Waals surface area contributed by atoms with Crippen LogP contribution in [0.2, 0.25) is 0 Å². The SMILES string of the molecule is CC(=O)N1CCN(C(=O)CC2CCOc3ccccc32)CC1. The molecule has 0 radical (unpaired) electrons. The number of piperazine rings is 1. The lowest BCUT2D eigenvalue weighted by Crippen LogP contribution is -2.50. The predicted octanol–water partition coefficient (Wildman–Crippen LogP) is 1.63. The summed E-state index contributed by atoms with van der Waals surface area (Å²) in [6, 6.07) is 7.98. The Hall–Kier alpha value is -2.04. The van der Waals surface area contributed by atoms with E-state index in [1.54, 1.807) is 11.8 Å². The Kier molecular flexibility index (Phi) is 4.32. The molecule has 0 aliphatic carbocycles. The van der Waals surface area contributed by atoms with Crippen LogP contribution in [0.1, 0.15) is 31.2 Å². The Bertz CT molecular complexity index is 565. The first kappa shape index (κ1) is 14.9. The molecule has 2 amide bonds. The molecule has 3 rings (SSSR count). The average molecular weight is 302 g/mol. The molecule has 1 aromatic carbocycles. The van der Waals surface area contributed by atoms with Crippen molar-refractivity contribution in [2.75, 3.05) is 32.8 Å². The Labute approximate surface area is 130 Å². The number of rotatable bonds is 2. The number of amides is 2. The molecule has 1 fully saturated rings. The number of benzene rings is 1. The second-order valence-corrected chi connectivity index (χ2v) is 5.96. The van der Waals surface area contributed by atoms with Gasteiger partial charge in [-0.15, -0.1) is 0 Å². The summed E-state index contributed by atoms with van der Waals surface area (Å²) in [5.74, 6) is 1.42. The molecule has 1 aromatic rings. The maximum Gasteiger partial charge on any atom is 0.223 e. The van der Waals surface area contributed by atoms with Crippen molar-refractivity contribution < 1.29 is 14.3 Å². The van der Waals surface area contributed by atoms with E-state index in [4.69, 9.17) is 4.74 Å². The average Bonchev–Trinajstić information content (AvgIpc) is 2.55. The van der Waals surface area contributed by atoms with Gasteiger partial charge in [0, 0.05) is 39.5 Å². The summed E-state index contributed by atoms with van der Waals surface area (Å²) in [6.07, 6.45) is 1.41. The Morgan fingerprint density at radius 1 is 1.14 bits per heavy atom. The van der Waals surface area contributed by atoms with Gasteiger partial charge >= 0.3 is 0 Å². The first-order valence-corrected chi connectivity index (χ1v) is 7.90. The number of fused-ring (bicyclic) bond motifs is 1. The minimum absolute atomic E-state index is 0.0884. The molecule has 0 N–H and O–H groups in total. The zero-order valence-electron chi connectivity index (χ0n) is 13.0. The van der Waals surface area contributed by atoms with Gasteiger partial charge in [0.05, 0.1) is 6.61 Å². The number of carbonyl (C=O) groups excluding carboxylic acids is 2. The van der Waals surface area contributed by atoms with Crippen molar-refractivity contribution in [3.63, 3.8) is 0 Å². The standard InChI is InChI=1S/C17H22N2O3/c1-13(20)18-7-9-19(10-8-18)17(21)12-14-6-11-22-16-5-3-2-4-15(14)16/h2-5,14H,6-12H2,1H3. The molecule has 5 heteroatoms. The van der Waals surface area contributed by atoms with E-state index in [9.17, 15) is 9.59 Å². The molecule has 22 heavy (non-hydrogen) atoms. The number of hydrogen-bond donors (Lipinski definition) is 0. The van der Waals surface area contributed by atoms with E-state index >= 15 is 0 Å². The lowest BCUT2D eigenvalue weighted by molar-refractivity contribution is -0.138. The highest BCUT2D eigenvalue weighted by Crippen LogP contribution is 2.35. The van der Waals surface area contributed by atoms with Gasteiger partial charge in [-0.05, 0) is 24.0 Å². The Balaban J connectivity index is 1.60. The van der Waals surface area contributed by atoms with Crippen LogP contribution in [-0.4, -0.2) is 54.4 Å². The first-order chi connectivity index (χ1) is 10.6. The van der Waals surface area contributed by atoms with Crippen LogP contribution >= 0.6 is 0 Å². The molecule has 5 nitrogen and oxygen atoms in total. The van der Waals surface area contributed by atoms with Gasteiger partial charge in [0.2, 0.25) is 11.8 Å². The van der Waals surface area contributed by atoms with Crippen LogP contribution < -0.4 is 4.74 Å². The van der Waals surface area contributed by atoms with Crippen molar-refractivity contribution in [2.45, 2.75) is 25.7 Å². The van der Waals surface area contributed by atoms with E-state index in [0.717, 1.165) is 17.7 Å². The zero-order valence-corrected chi connectivity index (χ0v) is 13.0. The molecule has 1 saturated heterocycles. The molecule has 0 spiro atoms. The summed E-state index contributed by atoms with van der Waals surface area (Å²) < 4.78 is 5.65. The predicted molar refractivity (Wildman–Crippen MR) is 82.7 cm³/mol. The third kappa shape index (κ3) is 3.08. The number of nitrogens with zero attached hydrogens (tertiary/aromatic N) is 2. The van der Waals surface area contributed by atoms with Crippen molar-refractivity contribution in [1.29, 1.82) is 0 Å². The van der Waals surface area contributed by atoms with Gasteiger partial charge in [-0.25, -0.2) is 0 Å². The highest BCUT2D eigenvalue weighted by Gasteiger charge is 2.27. The molecule has 0 saturated carbocycles. The monoisotopic (exact) mass is 302 g/mol. The molecule has 2 heterocycles. The van der Waals surface area contributed by atoms with Gasteiger partial charge in [0.25, 0.3) is 0 Å². The highest BCUT2D eigenvalue weighted by atomic mass is 16.5. The number of carbonyl (C=O) groups is 2. The second kappa shape index (κ2) is 6.38. The summed E-state index contributed by atoms with van der Waals surface area (Å²) in [6.45, 7) is 4.83. The van der Waals surface area contributed by atoms with E-state index in [1.807, 2.05) is 23.1 Å². The topological polar surface area (TPSA) is 49.9 Å². The van der Waals surface area contributed by atoms with E-state index in [0.29, 0.717) is 39.2 Å². The van der Waals surface area contributed by atoms with Crippen LogP contribution in [0.5, 0.6) is 5.75 Å². The van der Waals surface area contributed by atoms with Gasteiger partial charge in [-0.2, -0.15) is 0 Å². The minimum Gasteiger partial charge on any atom is -0.493 e. The van der Waals surface area contributed by atoms with Crippen molar-refractivity contribution >= 4 is 11.8 Å². The molecule has 0 bridgehead atoms. The molecule has 1 atom stereocenters. The lowest BCUT2D eigenvalue weighted by atomic mass is 9.90. The maximum atomic E-state index is 12.5. The molecule has 2 aliphatic rings. The number of para-hydroxylation sites is 1. The highest BCUT2D eigenvalue weighted by molar-refractivity contribution is 5.78.